The van der Waals surface area contributed by atoms with E-state index in [2.05, 4.69) is 44.5 Å². The molecule has 0 bridgehead atoms. The summed E-state index contributed by atoms with van der Waals surface area (Å²) in [6.45, 7) is 2.59. The molecule has 0 spiro atoms. The molecule has 110 valence electrons. The van der Waals surface area contributed by atoms with Crippen molar-refractivity contribution < 1.29 is 4.74 Å². The van der Waals surface area contributed by atoms with Crippen molar-refractivity contribution in [3.8, 4) is 6.01 Å². The predicted octanol–water partition coefficient (Wildman–Crippen LogP) is 1.82. The van der Waals surface area contributed by atoms with Gasteiger partial charge in [0.1, 0.15) is 0 Å². The number of rotatable bonds is 5. The van der Waals surface area contributed by atoms with Gasteiger partial charge in [-0.05, 0) is 30.4 Å². The first-order valence-electron chi connectivity index (χ1n) is 7.22. The molecule has 0 atom stereocenters. The summed E-state index contributed by atoms with van der Waals surface area (Å²) >= 11 is 0. The maximum absolute atomic E-state index is 5.71. The largest absolute Gasteiger partial charge is 0.463 e. The second kappa shape index (κ2) is 5.95. The van der Waals surface area contributed by atoms with Crippen molar-refractivity contribution in [2.75, 3.05) is 17.7 Å². The molecule has 0 saturated heterocycles. The van der Waals surface area contributed by atoms with Gasteiger partial charge in [0.2, 0.25) is 11.9 Å². The number of anilines is 2. The minimum Gasteiger partial charge on any atom is -0.463 e. The summed E-state index contributed by atoms with van der Waals surface area (Å²) in [5, 5.41) is 3.32. The zero-order chi connectivity index (χ0) is 14.7. The molecule has 0 fully saturated rings. The van der Waals surface area contributed by atoms with E-state index < -0.39 is 0 Å². The van der Waals surface area contributed by atoms with Crippen LogP contribution in [0.2, 0.25) is 0 Å². The number of nitrogen functional groups attached to an aromatic ring is 1. The number of ether oxygens (including phenoxy) is 1. The lowest BCUT2D eigenvalue weighted by molar-refractivity contribution is 0.292. The molecule has 1 aromatic heterocycles. The lowest BCUT2D eigenvalue weighted by Crippen LogP contribution is -2.22. The van der Waals surface area contributed by atoms with Crippen LogP contribution in [0.5, 0.6) is 6.01 Å². The normalized spacial score (nSPS) is 14.0. The second-order valence-corrected chi connectivity index (χ2v) is 5.17. The molecule has 0 aliphatic heterocycles. The summed E-state index contributed by atoms with van der Waals surface area (Å²) in [5.74, 6) is 0.653. The highest BCUT2D eigenvalue weighted by Crippen LogP contribution is 2.24. The monoisotopic (exact) mass is 285 g/mol. The third-order valence-electron chi connectivity index (χ3n) is 3.45. The Balaban J connectivity index is 1.70. The van der Waals surface area contributed by atoms with Crippen LogP contribution in [0, 0.1) is 0 Å². The molecular formula is C15H19N5O. The van der Waals surface area contributed by atoms with Crippen LogP contribution < -0.4 is 15.8 Å². The van der Waals surface area contributed by atoms with Gasteiger partial charge in [0.05, 0.1) is 6.61 Å². The van der Waals surface area contributed by atoms with E-state index >= 15 is 0 Å². The van der Waals surface area contributed by atoms with Crippen LogP contribution in [0.3, 0.4) is 0 Å². The maximum Gasteiger partial charge on any atom is 0.323 e. The molecule has 6 nitrogen and oxygen atoms in total. The minimum absolute atomic E-state index is 0.175. The fourth-order valence-electron chi connectivity index (χ4n) is 2.54. The van der Waals surface area contributed by atoms with Crippen LogP contribution in [-0.4, -0.2) is 27.6 Å². The Morgan fingerprint density at radius 2 is 1.90 bits per heavy atom. The highest BCUT2D eigenvalue weighted by Gasteiger charge is 2.21. The van der Waals surface area contributed by atoms with Crippen molar-refractivity contribution in [2.45, 2.75) is 32.2 Å². The highest BCUT2D eigenvalue weighted by atomic mass is 16.5. The molecule has 0 radical (unpaired) electrons. The van der Waals surface area contributed by atoms with Crippen LogP contribution in [0.4, 0.5) is 11.9 Å². The third kappa shape index (κ3) is 3.21. The lowest BCUT2D eigenvalue weighted by Gasteiger charge is -2.12. The molecule has 0 unspecified atom stereocenters. The molecule has 3 N–H and O–H groups in total. The van der Waals surface area contributed by atoms with Gasteiger partial charge in [-0.1, -0.05) is 31.2 Å². The molecule has 0 amide bonds. The van der Waals surface area contributed by atoms with Crippen molar-refractivity contribution in [1.82, 2.24) is 15.0 Å². The predicted molar refractivity (Wildman–Crippen MR) is 81.3 cm³/mol. The molecule has 2 aromatic rings. The van der Waals surface area contributed by atoms with Gasteiger partial charge in [0.25, 0.3) is 0 Å². The first-order chi connectivity index (χ1) is 10.2. The summed E-state index contributed by atoms with van der Waals surface area (Å²) in [5.41, 5.74) is 8.46. The minimum atomic E-state index is 0.175. The Labute approximate surface area is 123 Å². The molecule has 0 saturated carbocycles. The number of benzene rings is 1. The number of nitrogens with zero attached hydrogens (tertiary/aromatic N) is 3. The van der Waals surface area contributed by atoms with E-state index in [0.717, 1.165) is 19.3 Å². The number of nitrogens with two attached hydrogens (primary N) is 1. The Kier molecular flexibility index (Phi) is 3.85. The molecule has 21 heavy (non-hydrogen) atoms. The van der Waals surface area contributed by atoms with Crippen LogP contribution in [-0.2, 0) is 12.8 Å². The van der Waals surface area contributed by atoms with Gasteiger partial charge in [-0.2, -0.15) is 15.0 Å². The van der Waals surface area contributed by atoms with Gasteiger partial charge >= 0.3 is 6.01 Å². The topological polar surface area (TPSA) is 86.0 Å². The average Bonchev–Trinajstić information content (AvgIpc) is 2.86. The van der Waals surface area contributed by atoms with Gasteiger partial charge in [-0.25, -0.2) is 0 Å². The smallest absolute Gasteiger partial charge is 0.323 e. The van der Waals surface area contributed by atoms with Gasteiger partial charge in [0, 0.05) is 6.04 Å². The molecule has 3 rings (SSSR count). The van der Waals surface area contributed by atoms with E-state index in [4.69, 9.17) is 10.5 Å². The second-order valence-electron chi connectivity index (χ2n) is 5.17. The average molecular weight is 285 g/mol. The van der Waals surface area contributed by atoms with Crippen LogP contribution in [0.15, 0.2) is 24.3 Å². The Bertz CT molecular complexity index is 606. The van der Waals surface area contributed by atoms with E-state index in [1.165, 1.54) is 11.1 Å². The molecular weight excluding hydrogens is 266 g/mol. The van der Waals surface area contributed by atoms with E-state index in [1.807, 2.05) is 6.92 Å². The summed E-state index contributed by atoms with van der Waals surface area (Å²) in [6, 6.07) is 9.02. The Morgan fingerprint density at radius 1 is 1.19 bits per heavy atom. The lowest BCUT2D eigenvalue weighted by atomic mass is 10.1. The van der Waals surface area contributed by atoms with Gasteiger partial charge in [-0.15, -0.1) is 0 Å². The highest BCUT2D eigenvalue weighted by molar-refractivity contribution is 5.40. The quantitative estimate of drug-likeness (QED) is 0.871. The van der Waals surface area contributed by atoms with Crippen LogP contribution >= 0.6 is 0 Å². The number of aromatic nitrogens is 3. The first kappa shape index (κ1) is 13.6. The summed E-state index contributed by atoms with van der Waals surface area (Å²) < 4.78 is 5.42. The van der Waals surface area contributed by atoms with Crippen molar-refractivity contribution in [1.29, 1.82) is 0 Å². The van der Waals surface area contributed by atoms with E-state index in [1.54, 1.807) is 0 Å². The zero-order valence-electron chi connectivity index (χ0n) is 12.0. The number of nitrogens with one attached hydrogen (secondary N) is 1. The van der Waals surface area contributed by atoms with Crippen molar-refractivity contribution in [2.24, 2.45) is 0 Å². The summed E-state index contributed by atoms with van der Waals surface area (Å²) in [7, 11) is 0. The fraction of sp³-hybridized carbons (Fsp3) is 0.400. The van der Waals surface area contributed by atoms with Crippen LogP contribution in [0.1, 0.15) is 24.5 Å². The van der Waals surface area contributed by atoms with Gasteiger partial charge in [0.15, 0.2) is 0 Å². The van der Waals surface area contributed by atoms with Crippen LogP contribution in [0.25, 0.3) is 0 Å². The Hall–Kier alpha value is -2.37. The SMILES string of the molecule is CCCOc1nc(N)nc(NC2Cc3ccccc3C2)n1. The number of hydrogen-bond donors (Lipinski definition) is 2. The molecule has 1 aliphatic carbocycles. The number of hydrogen-bond acceptors (Lipinski definition) is 6. The van der Waals surface area contributed by atoms with E-state index in [0.29, 0.717) is 12.6 Å². The third-order valence-corrected chi connectivity index (χ3v) is 3.45. The van der Waals surface area contributed by atoms with Crippen molar-refractivity contribution in [3.05, 3.63) is 35.4 Å². The summed E-state index contributed by atoms with van der Waals surface area (Å²) in [6.07, 6.45) is 2.83. The molecule has 1 heterocycles. The van der Waals surface area contributed by atoms with Crippen molar-refractivity contribution >= 4 is 11.9 Å². The van der Waals surface area contributed by atoms with Gasteiger partial charge < -0.3 is 15.8 Å². The maximum atomic E-state index is 5.71. The van der Waals surface area contributed by atoms with Gasteiger partial charge in [-0.3, -0.25) is 0 Å². The molecule has 1 aromatic carbocycles. The van der Waals surface area contributed by atoms with E-state index in [-0.39, 0.29) is 18.0 Å². The van der Waals surface area contributed by atoms with Crippen molar-refractivity contribution in [3.63, 3.8) is 0 Å². The first-order valence-corrected chi connectivity index (χ1v) is 7.22. The van der Waals surface area contributed by atoms with E-state index in [9.17, 15) is 0 Å². The zero-order valence-corrected chi connectivity index (χ0v) is 12.0. The number of fused-ring (bicyclic) bond motifs is 1. The molecule has 1 aliphatic rings. The Morgan fingerprint density at radius 3 is 2.57 bits per heavy atom. The molecule has 6 heteroatoms. The fourth-order valence-corrected chi connectivity index (χ4v) is 2.54. The standard InChI is InChI=1S/C15H19N5O/c1-2-7-21-15-19-13(16)18-14(20-15)17-12-8-10-5-3-4-6-11(10)9-12/h3-6,12H,2,7-9H2,1H3,(H3,16,17,18,19,20). The summed E-state index contributed by atoms with van der Waals surface area (Å²) in [4.78, 5) is 12.4.